The van der Waals surface area contributed by atoms with Crippen LogP contribution in [0, 0.1) is 0 Å². The number of carbonyl (C=O) groups excluding carboxylic acids is 1. The molecule has 3 aromatic rings. The maximum absolute atomic E-state index is 11.5. The predicted molar refractivity (Wildman–Crippen MR) is 106 cm³/mol. The van der Waals surface area contributed by atoms with Gasteiger partial charge in [-0.25, -0.2) is 4.98 Å². The maximum Gasteiger partial charge on any atom is 0.224 e. The normalized spacial score (nSPS) is 13.9. The molecule has 7 heteroatoms. The number of anilines is 1. The fraction of sp³-hybridized carbons (Fsp3) is 0.150. The molecule has 2 aromatic carbocycles. The number of hydrogen-bond donors (Lipinski definition) is 2. The van der Waals surface area contributed by atoms with Crippen molar-refractivity contribution < 1.29 is 10.0 Å². The number of nitrogens with one attached hydrogen (secondary N) is 1. The molecule has 0 fully saturated rings. The zero-order valence-electron chi connectivity index (χ0n) is 14.5. The molecule has 4 rings (SSSR count). The second kappa shape index (κ2) is 7.67. The van der Waals surface area contributed by atoms with Crippen LogP contribution in [0.4, 0.5) is 5.69 Å². The predicted octanol–water partition coefficient (Wildman–Crippen LogP) is 3.73. The molecule has 0 spiro atoms. The number of thioether (sulfide) groups is 1. The minimum Gasteiger partial charge on any atom is -0.411 e. The topological polar surface area (TPSA) is 79.5 Å². The highest BCUT2D eigenvalue weighted by atomic mass is 32.2. The van der Waals surface area contributed by atoms with Gasteiger partial charge in [-0.3, -0.25) is 9.36 Å². The Balaban J connectivity index is 1.52. The van der Waals surface area contributed by atoms with Crippen LogP contribution in [0.2, 0.25) is 0 Å². The second-order valence-electron chi connectivity index (χ2n) is 6.17. The van der Waals surface area contributed by atoms with Gasteiger partial charge >= 0.3 is 0 Å². The van der Waals surface area contributed by atoms with E-state index in [0.29, 0.717) is 24.3 Å². The van der Waals surface area contributed by atoms with Gasteiger partial charge in [-0.05, 0) is 36.2 Å². The average molecular weight is 378 g/mol. The number of nitrogens with zero attached hydrogens (tertiary/aromatic N) is 3. The van der Waals surface area contributed by atoms with Gasteiger partial charge < -0.3 is 10.5 Å². The lowest BCUT2D eigenvalue weighted by Gasteiger charge is -2.17. The molecule has 2 heterocycles. The van der Waals surface area contributed by atoms with Crippen molar-refractivity contribution in [1.82, 2.24) is 9.55 Å². The highest BCUT2D eigenvalue weighted by Crippen LogP contribution is 2.26. The number of aryl methyl sites for hydroxylation is 1. The van der Waals surface area contributed by atoms with Gasteiger partial charge in [0, 0.05) is 41.5 Å². The number of fused-ring (bicyclic) bond motifs is 1. The number of amides is 1. The average Bonchev–Trinajstić information content (AvgIpc) is 3.18. The summed E-state index contributed by atoms with van der Waals surface area (Å²) >= 11 is 1.51. The number of carbonyl (C=O) groups is 1. The van der Waals surface area contributed by atoms with Crippen LogP contribution in [0.15, 0.2) is 71.2 Å². The maximum atomic E-state index is 11.5. The molecule has 136 valence electrons. The van der Waals surface area contributed by atoms with Gasteiger partial charge in [-0.2, -0.15) is 0 Å². The summed E-state index contributed by atoms with van der Waals surface area (Å²) in [4.78, 5) is 15.9. The molecule has 1 aliphatic rings. The summed E-state index contributed by atoms with van der Waals surface area (Å²) in [7, 11) is 0. The minimum absolute atomic E-state index is 0.0367. The summed E-state index contributed by atoms with van der Waals surface area (Å²) in [6, 6.07) is 15.7. The van der Waals surface area contributed by atoms with Gasteiger partial charge in [-0.1, -0.05) is 41.2 Å². The molecule has 1 aromatic heterocycles. The van der Waals surface area contributed by atoms with Gasteiger partial charge in [0.25, 0.3) is 0 Å². The molecule has 0 radical (unpaired) electrons. The molecule has 1 aliphatic heterocycles. The van der Waals surface area contributed by atoms with Crippen molar-refractivity contribution in [3.8, 4) is 5.69 Å². The molecule has 2 N–H and O–H groups in total. The van der Waals surface area contributed by atoms with E-state index in [9.17, 15) is 10.0 Å². The van der Waals surface area contributed by atoms with Gasteiger partial charge in [-0.15, -0.1) is 0 Å². The number of oxime groups is 1. The van der Waals surface area contributed by atoms with E-state index in [1.165, 1.54) is 11.8 Å². The molecule has 0 aliphatic carbocycles. The molecule has 0 unspecified atom stereocenters. The van der Waals surface area contributed by atoms with Crippen LogP contribution in [-0.2, 0) is 11.2 Å². The number of para-hydroxylation sites is 1. The number of rotatable bonds is 5. The van der Waals surface area contributed by atoms with Crippen molar-refractivity contribution in [2.75, 3.05) is 11.1 Å². The Bertz CT molecular complexity index is 998. The smallest absolute Gasteiger partial charge is 0.224 e. The first-order chi connectivity index (χ1) is 13.2. The highest BCUT2D eigenvalue weighted by Gasteiger charge is 2.17. The first kappa shape index (κ1) is 17.4. The van der Waals surface area contributed by atoms with E-state index in [-0.39, 0.29) is 5.91 Å². The monoisotopic (exact) mass is 378 g/mol. The van der Waals surface area contributed by atoms with Crippen molar-refractivity contribution in [3.63, 3.8) is 0 Å². The lowest BCUT2D eigenvalue weighted by atomic mass is 9.99. The SMILES string of the molecule is O=C1CCc2cc(/C(CSc3nccn3-c3ccccc3)=N/O)ccc2N1. The first-order valence-electron chi connectivity index (χ1n) is 8.60. The van der Waals surface area contributed by atoms with Crippen molar-refractivity contribution in [2.24, 2.45) is 5.16 Å². The van der Waals surface area contributed by atoms with E-state index < -0.39 is 0 Å². The summed E-state index contributed by atoms with van der Waals surface area (Å²) in [6.45, 7) is 0. The number of hydrogen-bond acceptors (Lipinski definition) is 5. The zero-order valence-corrected chi connectivity index (χ0v) is 15.3. The Labute approximate surface area is 160 Å². The van der Waals surface area contributed by atoms with Gasteiger partial charge in [0.05, 0.1) is 5.71 Å². The van der Waals surface area contributed by atoms with Crippen LogP contribution in [0.3, 0.4) is 0 Å². The van der Waals surface area contributed by atoms with Gasteiger partial charge in [0.15, 0.2) is 5.16 Å². The summed E-state index contributed by atoms with van der Waals surface area (Å²) in [5.74, 6) is 0.514. The number of imidazole rings is 1. The van der Waals surface area contributed by atoms with Crippen molar-refractivity contribution in [3.05, 3.63) is 72.1 Å². The Morgan fingerprint density at radius 1 is 1.22 bits per heavy atom. The molecule has 6 nitrogen and oxygen atoms in total. The molecule has 0 saturated heterocycles. The lowest BCUT2D eigenvalue weighted by molar-refractivity contribution is -0.116. The molecule has 0 bridgehead atoms. The Kier molecular flexibility index (Phi) is 4.93. The second-order valence-corrected chi connectivity index (χ2v) is 7.11. The van der Waals surface area contributed by atoms with Crippen molar-refractivity contribution in [2.45, 2.75) is 18.0 Å². The summed E-state index contributed by atoms with van der Waals surface area (Å²) in [5.41, 5.74) is 4.34. The van der Waals surface area contributed by atoms with Crippen molar-refractivity contribution >= 4 is 29.1 Å². The third-order valence-corrected chi connectivity index (χ3v) is 5.41. The van der Waals surface area contributed by atoms with Crippen LogP contribution in [0.25, 0.3) is 5.69 Å². The Morgan fingerprint density at radius 3 is 2.89 bits per heavy atom. The van der Waals surface area contributed by atoms with E-state index in [1.54, 1.807) is 6.20 Å². The van der Waals surface area contributed by atoms with Gasteiger partial charge in [0.2, 0.25) is 5.91 Å². The molecular formula is C20H18N4O2S. The van der Waals surface area contributed by atoms with E-state index in [2.05, 4.69) is 15.5 Å². The lowest BCUT2D eigenvalue weighted by Crippen LogP contribution is -2.19. The van der Waals surface area contributed by atoms with Crippen molar-refractivity contribution in [1.29, 1.82) is 0 Å². The summed E-state index contributed by atoms with van der Waals surface area (Å²) < 4.78 is 2.00. The van der Waals surface area contributed by atoms with Crippen LogP contribution in [0.1, 0.15) is 17.5 Å². The van der Waals surface area contributed by atoms with Crippen LogP contribution < -0.4 is 5.32 Å². The molecule has 27 heavy (non-hydrogen) atoms. The number of benzene rings is 2. The zero-order chi connectivity index (χ0) is 18.6. The van der Waals surface area contributed by atoms with Crippen LogP contribution in [-0.4, -0.2) is 32.1 Å². The molecule has 0 atom stereocenters. The fourth-order valence-corrected chi connectivity index (χ4v) is 3.98. The standard InChI is InChI=1S/C20H18N4O2S/c25-19-9-7-14-12-15(6-8-17(14)22-19)18(23-26)13-27-20-21-10-11-24(20)16-4-2-1-3-5-16/h1-6,8,10-12,26H,7,9,13H2,(H,22,25)/b23-18+. The summed E-state index contributed by atoms with van der Waals surface area (Å²) in [6.07, 6.45) is 4.84. The van der Waals surface area contributed by atoms with E-state index >= 15 is 0 Å². The largest absolute Gasteiger partial charge is 0.411 e. The first-order valence-corrected chi connectivity index (χ1v) is 9.59. The fourth-order valence-electron chi connectivity index (χ4n) is 3.05. The Morgan fingerprint density at radius 2 is 2.07 bits per heavy atom. The molecule has 0 saturated carbocycles. The van der Waals surface area contributed by atoms with E-state index in [1.807, 2.05) is 59.3 Å². The van der Waals surface area contributed by atoms with E-state index in [0.717, 1.165) is 27.7 Å². The highest BCUT2D eigenvalue weighted by molar-refractivity contribution is 7.99. The molecular weight excluding hydrogens is 360 g/mol. The number of aromatic nitrogens is 2. The van der Waals surface area contributed by atoms with Crippen LogP contribution in [0.5, 0.6) is 0 Å². The van der Waals surface area contributed by atoms with Crippen LogP contribution >= 0.6 is 11.8 Å². The third-order valence-electron chi connectivity index (χ3n) is 4.43. The van der Waals surface area contributed by atoms with Gasteiger partial charge in [0.1, 0.15) is 0 Å². The summed E-state index contributed by atoms with van der Waals surface area (Å²) in [5, 5.41) is 16.7. The minimum atomic E-state index is 0.0367. The third kappa shape index (κ3) is 3.73. The van der Waals surface area contributed by atoms with E-state index in [4.69, 9.17) is 0 Å². The quantitative estimate of drug-likeness (QED) is 0.307. The Hall–Kier alpha value is -3.06. The molecule has 1 amide bonds.